The van der Waals surface area contributed by atoms with Crippen molar-refractivity contribution in [2.45, 2.75) is 58.2 Å². The Bertz CT molecular complexity index is 441. The molecule has 1 aromatic rings. The fraction of sp³-hybridized carbons (Fsp3) is 0.714. The fourth-order valence-electron chi connectivity index (χ4n) is 2.52. The van der Waals surface area contributed by atoms with Crippen molar-refractivity contribution in [2.75, 3.05) is 11.4 Å². The first-order chi connectivity index (χ1) is 9.60. The topological polar surface area (TPSA) is 65.5 Å². The summed E-state index contributed by atoms with van der Waals surface area (Å²) >= 11 is 1.51. The Morgan fingerprint density at radius 3 is 2.80 bits per heavy atom. The molecule has 1 aromatic heterocycles. The molecule has 1 aliphatic carbocycles. The van der Waals surface area contributed by atoms with Gasteiger partial charge in [0.15, 0.2) is 5.13 Å². The molecule has 0 aliphatic heterocycles. The number of thiazole rings is 1. The van der Waals surface area contributed by atoms with Crippen molar-refractivity contribution in [1.82, 2.24) is 10.3 Å². The number of carbonyl (C=O) groups is 1. The van der Waals surface area contributed by atoms with Crippen LogP contribution >= 0.6 is 11.3 Å². The lowest BCUT2D eigenvalue weighted by molar-refractivity contribution is -0.116. The van der Waals surface area contributed by atoms with E-state index in [2.05, 4.69) is 10.3 Å². The van der Waals surface area contributed by atoms with E-state index in [1.165, 1.54) is 11.3 Å². The summed E-state index contributed by atoms with van der Waals surface area (Å²) in [6.45, 7) is 4.90. The van der Waals surface area contributed by atoms with Gasteiger partial charge in [-0.2, -0.15) is 0 Å². The number of aliphatic hydroxyl groups is 1. The predicted octanol–water partition coefficient (Wildman–Crippen LogP) is 1.91. The van der Waals surface area contributed by atoms with E-state index >= 15 is 0 Å². The van der Waals surface area contributed by atoms with Gasteiger partial charge in [-0.25, -0.2) is 4.98 Å². The van der Waals surface area contributed by atoms with E-state index in [-0.39, 0.29) is 12.0 Å². The monoisotopic (exact) mass is 297 g/mol. The Hall–Kier alpha value is -0.980. The number of nitrogens with zero attached hydrogens (tertiary/aromatic N) is 2. The van der Waals surface area contributed by atoms with Gasteiger partial charge in [0.05, 0.1) is 11.8 Å². The average molecular weight is 297 g/mol. The van der Waals surface area contributed by atoms with Crippen LogP contribution in [0.3, 0.4) is 0 Å². The van der Waals surface area contributed by atoms with Crippen LogP contribution < -0.4 is 10.2 Å². The van der Waals surface area contributed by atoms with Crippen LogP contribution in [0.5, 0.6) is 0 Å². The molecule has 1 amide bonds. The van der Waals surface area contributed by atoms with Crippen molar-refractivity contribution >= 4 is 22.4 Å². The summed E-state index contributed by atoms with van der Waals surface area (Å²) in [6, 6.07) is 0.471. The van der Waals surface area contributed by atoms with Crippen LogP contribution in [0.1, 0.15) is 45.2 Å². The van der Waals surface area contributed by atoms with Crippen molar-refractivity contribution < 1.29 is 9.90 Å². The van der Waals surface area contributed by atoms with Gasteiger partial charge in [-0.3, -0.25) is 9.69 Å². The Labute approximate surface area is 124 Å². The molecule has 0 bridgehead atoms. The molecule has 1 heterocycles. The zero-order chi connectivity index (χ0) is 14.5. The molecule has 6 heteroatoms. The first-order valence-electron chi connectivity index (χ1n) is 7.24. The molecule has 0 radical (unpaired) electrons. The van der Waals surface area contributed by atoms with Crippen LogP contribution in [-0.2, 0) is 11.3 Å². The lowest BCUT2D eigenvalue weighted by Crippen LogP contribution is -2.34. The van der Waals surface area contributed by atoms with Gasteiger partial charge in [0.25, 0.3) is 0 Å². The van der Waals surface area contributed by atoms with Gasteiger partial charge in [0, 0.05) is 31.4 Å². The van der Waals surface area contributed by atoms with Gasteiger partial charge in [-0.15, -0.1) is 11.3 Å². The van der Waals surface area contributed by atoms with E-state index < -0.39 is 0 Å². The van der Waals surface area contributed by atoms with Crippen LogP contribution in [0.15, 0.2) is 5.38 Å². The van der Waals surface area contributed by atoms with E-state index in [4.69, 9.17) is 0 Å². The van der Waals surface area contributed by atoms with Crippen LogP contribution in [0.25, 0.3) is 0 Å². The second-order valence-electron chi connectivity index (χ2n) is 5.27. The molecule has 2 rings (SSSR count). The lowest BCUT2D eigenvalue weighted by atomic mass is 9.93. The molecule has 0 atom stereocenters. The molecule has 1 fully saturated rings. The number of anilines is 1. The molecule has 0 aromatic carbocycles. The van der Waals surface area contributed by atoms with Crippen LogP contribution in [0.4, 0.5) is 5.13 Å². The third-order valence-electron chi connectivity index (χ3n) is 3.74. The molecule has 0 unspecified atom stereocenters. The normalized spacial score (nSPS) is 22.8. The highest BCUT2D eigenvalue weighted by Crippen LogP contribution is 2.22. The SMILES string of the molecule is CCN(C(C)=O)c1nc(CNC2CCC(O)CC2)cs1. The molecule has 2 N–H and O–H groups in total. The van der Waals surface area contributed by atoms with E-state index in [9.17, 15) is 9.90 Å². The molecular weight excluding hydrogens is 274 g/mol. The van der Waals surface area contributed by atoms with Crippen molar-refractivity contribution in [3.63, 3.8) is 0 Å². The maximum Gasteiger partial charge on any atom is 0.225 e. The van der Waals surface area contributed by atoms with Crippen LogP contribution in [0, 0.1) is 0 Å². The molecule has 0 spiro atoms. The summed E-state index contributed by atoms with van der Waals surface area (Å²) < 4.78 is 0. The number of nitrogens with one attached hydrogen (secondary N) is 1. The Morgan fingerprint density at radius 1 is 1.50 bits per heavy atom. The van der Waals surface area contributed by atoms with Crippen LogP contribution in [-0.4, -0.2) is 34.7 Å². The first-order valence-corrected chi connectivity index (χ1v) is 8.12. The maximum absolute atomic E-state index is 11.5. The predicted molar refractivity (Wildman–Crippen MR) is 80.9 cm³/mol. The molecule has 1 saturated carbocycles. The van der Waals surface area contributed by atoms with Gasteiger partial charge in [-0.05, 0) is 32.6 Å². The molecule has 20 heavy (non-hydrogen) atoms. The summed E-state index contributed by atoms with van der Waals surface area (Å²) in [5.74, 6) is 0.0302. The minimum Gasteiger partial charge on any atom is -0.393 e. The van der Waals surface area contributed by atoms with E-state index in [0.29, 0.717) is 12.6 Å². The summed E-state index contributed by atoms with van der Waals surface area (Å²) in [5.41, 5.74) is 0.982. The molecular formula is C14H23N3O2S. The summed E-state index contributed by atoms with van der Waals surface area (Å²) in [7, 11) is 0. The van der Waals surface area contributed by atoms with Crippen molar-refractivity contribution in [2.24, 2.45) is 0 Å². The largest absolute Gasteiger partial charge is 0.393 e. The number of carbonyl (C=O) groups excluding carboxylic acids is 1. The fourth-order valence-corrected chi connectivity index (χ4v) is 3.46. The average Bonchev–Trinajstić information content (AvgIpc) is 2.87. The highest BCUT2D eigenvalue weighted by molar-refractivity contribution is 7.14. The number of aromatic nitrogens is 1. The van der Waals surface area contributed by atoms with Gasteiger partial charge in [-0.1, -0.05) is 0 Å². The zero-order valence-electron chi connectivity index (χ0n) is 12.1. The zero-order valence-corrected chi connectivity index (χ0v) is 12.9. The smallest absolute Gasteiger partial charge is 0.225 e. The second kappa shape index (κ2) is 7.15. The Balaban J connectivity index is 1.85. The number of amides is 1. The molecule has 5 nitrogen and oxygen atoms in total. The van der Waals surface area contributed by atoms with Gasteiger partial charge in [0.2, 0.25) is 5.91 Å². The maximum atomic E-state index is 11.5. The Morgan fingerprint density at radius 2 is 2.20 bits per heavy atom. The minimum absolute atomic E-state index is 0.0302. The highest BCUT2D eigenvalue weighted by atomic mass is 32.1. The molecule has 0 saturated heterocycles. The summed E-state index contributed by atoms with van der Waals surface area (Å²) in [6.07, 6.45) is 3.69. The Kier molecular flexibility index (Phi) is 5.51. The summed E-state index contributed by atoms with van der Waals surface area (Å²) in [5, 5.41) is 15.7. The van der Waals surface area contributed by atoms with Gasteiger partial charge >= 0.3 is 0 Å². The summed E-state index contributed by atoms with van der Waals surface area (Å²) in [4.78, 5) is 17.7. The quantitative estimate of drug-likeness (QED) is 0.871. The number of aliphatic hydroxyl groups excluding tert-OH is 1. The number of hydrogen-bond donors (Lipinski definition) is 2. The lowest BCUT2D eigenvalue weighted by Gasteiger charge is -2.26. The third-order valence-corrected chi connectivity index (χ3v) is 4.65. The standard InChI is InChI=1S/C14H23N3O2S/c1-3-17(10(2)18)14-16-12(9-20-14)8-15-11-4-6-13(19)7-5-11/h9,11,13,15,19H,3-8H2,1-2H3. The second-order valence-corrected chi connectivity index (χ2v) is 6.11. The minimum atomic E-state index is -0.118. The van der Waals surface area contributed by atoms with Crippen molar-refractivity contribution in [1.29, 1.82) is 0 Å². The van der Waals surface area contributed by atoms with E-state index in [0.717, 1.165) is 43.1 Å². The third kappa shape index (κ3) is 4.01. The first kappa shape index (κ1) is 15.4. The number of hydrogen-bond acceptors (Lipinski definition) is 5. The van der Waals surface area contributed by atoms with Gasteiger partial charge in [0.1, 0.15) is 0 Å². The van der Waals surface area contributed by atoms with E-state index in [1.54, 1.807) is 11.8 Å². The van der Waals surface area contributed by atoms with Gasteiger partial charge < -0.3 is 10.4 Å². The van der Waals surface area contributed by atoms with Crippen molar-refractivity contribution in [3.05, 3.63) is 11.1 Å². The van der Waals surface area contributed by atoms with E-state index in [1.807, 2.05) is 12.3 Å². The highest BCUT2D eigenvalue weighted by Gasteiger charge is 2.19. The van der Waals surface area contributed by atoms with Crippen molar-refractivity contribution in [3.8, 4) is 0 Å². The van der Waals surface area contributed by atoms with Crippen LogP contribution in [0.2, 0.25) is 0 Å². The molecule has 112 valence electrons. The number of rotatable bonds is 5. The molecule has 1 aliphatic rings.